The maximum Gasteiger partial charge on any atom is 0.163 e. The fraction of sp³-hybridized carbons (Fsp3) is 0.462. The van der Waals surface area contributed by atoms with E-state index in [4.69, 9.17) is 15.2 Å². The fourth-order valence-corrected chi connectivity index (χ4v) is 2.11. The van der Waals surface area contributed by atoms with Gasteiger partial charge in [0.25, 0.3) is 0 Å². The van der Waals surface area contributed by atoms with Crippen LogP contribution in [0.1, 0.15) is 12.7 Å². The molecule has 1 unspecified atom stereocenters. The maximum absolute atomic E-state index is 5.63. The van der Waals surface area contributed by atoms with Gasteiger partial charge in [-0.15, -0.1) is 0 Å². The lowest BCUT2D eigenvalue weighted by Gasteiger charge is -2.17. The van der Waals surface area contributed by atoms with E-state index in [-0.39, 0.29) is 0 Å². The van der Waals surface area contributed by atoms with Gasteiger partial charge in [0, 0.05) is 18.6 Å². The molecule has 1 atom stereocenters. The van der Waals surface area contributed by atoms with E-state index in [2.05, 4.69) is 16.9 Å². The molecule has 1 aliphatic heterocycles. The van der Waals surface area contributed by atoms with Crippen molar-refractivity contribution >= 4 is 11.0 Å². The van der Waals surface area contributed by atoms with Crippen LogP contribution in [-0.4, -0.2) is 29.7 Å². The van der Waals surface area contributed by atoms with Gasteiger partial charge in [-0.2, -0.15) is 0 Å². The third-order valence-electron chi connectivity index (χ3n) is 3.14. The van der Waals surface area contributed by atoms with Crippen LogP contribution in [-0.2, 0) is 6.42 Å². The summed E-state index contributed by atoms with van der Waals surface area (Å²) in [6.45, 7) is 3.98. The van der Waals surface area contributed by atoms with Crippen molar-refractivity contribution in [2.45, 2.75) is 13.3 Å². The summed E-state index contributed by atoms with van der Waals surface area (Å²) in [5.74, 6) is 2.95. The van der Waals surface area contributed by atoms with Gasteiger partial charge < -0.3 is 20.2 Å². The van der Waals surface area contributed by atoms with Gasteiger partial charge in [0.1, 0.15) is 19.0 Å². The fourth-order valence-electron chi connectivity index (χ4n) is 2.11. The van der Waals surface area contributed by atoms with E-state index in [1.165, 1.54) is 0 Å². The molecule has 1 aromatic carbocycles. The molecule has 0 saturated carbocycles. The van der Waals surface area contributed by atoms with E-state index >= 15 is 0 Å². The van der Waals surface area contributed by atoms with Crippen LogP contribution < -0.4 is 15.2 Å². The molecular formula is C13H17N3O2. The number of aromatic nitrogens is 2. The average molecular weight is 247 g/mol. The highest BCUT2D eigenvalue weighted by atomic mass is 16.6. The second kappa shape index (κ2) is 4.49. The summed E-state index contributed by atoms with van der Waals surface area (Å²) < 4.78 is 11.1. The minimum Gasteiger partial charge on any atom is -0.486 e. The zero-order chi connectivity index (χ0) is 12.5. The van der Waals surface area contributed by atoms with Crippen molar-refractivity contribution in [2.24, 2.45) is 11.7 Å². The molecule has 0 amide bonds. The SMILES string of the molecule is CC(CN)Cc1nc2cc3c(cc2[nH]1)OCCO3. The molecule has 2 aromatic rings. The van der Waals surface area contributed by atoms with Crippen LogP contribution in [0.25, 0.3) is 11.0 Å². The molecule has 5 nitrogen and oxygen atoms in total. The molecule has 3 rings (SSSR count). The predicted octanol–water partition coefficient (Wildman–Crippen LogP) is 1.47. The molecular weight excluding hydrogens is 230 g/mol. The van der Waals surface area contributed by atoms with E-state index in [0.29, 0.717) is 25.7 Å². The highest BCUT2D eigenvalue weighted by molar-refractivity contribution is 5.79. The van der Waals surface area contributed by atoms with Crippen LogP contribution in [0.3, 0.4) is 0 Å². The number of H-pyrrole nitrogens is 1. The first-order valence-corrected chi connectivity index (χ1v) is 6.24. The van der Waals surface area contributed by atoms with Gasteiger partial charge in [0.05, 0.1) is 11.0 Å². The number of fused-ring (bicyclic) bond motifs is 2. The summed E-state index contributed by atoms with van der Waals surface area (Å²) in [5, 5.41) is 0. The Morgan fingerprint density at radius 1 is 1.33 bits per heavy atom. The third kappa shape index (κ3) is 2.01. The number of hydrogen-bond donors (Lipinski definition) is 2. The van der Waals surface area contributed by atoms with Crippen molar-refractivity contribution in [1.29, 1.82) is 0 Å². The maximum atomic E-state index is 5.63. The number of ether oxygens (including phenoxy) is 2. The summed E-state index contributed by atoms with van der Waals surface area (Å²) >= 11 is 0. The van der Waals surface area contributed by atoms with Gasteiger partial charge in [-0.1, -0.05) is 6.92 Å². The summed E-state index contributed by atoms with van der Waals surface area (Å²) in [5.41, 5.74) is 7.53. The Morgan fingerprint density at radius 3 is 2.78 bits per heavy atom. The summed E-state index contributed by atoms with van der Waals surface area (Å²) in [6.07, 6.45) is 0.859. The number of hydrogen-bond acceptors (Lipinski definition) is 4. The number of benzene rings is 1. The van der Waals surface area contributed by atoms with Gasteiger partial charge in [0.2, 0.25) is 0 Å². The van der Waals surface area contributed by atoms with E-state index in [0.717, 1.165) is 34.8 Å². The zero-order valence-electron chi connectivity index (χ0n) is 10.4. The summed E-state index contributed by atoms with van der Waals surface area (Å²) in [6, 6.07) is 3.88. The molecule has 0 radical (unpaired) electrons. The minimum atomic E-state index is 0.424. The highest BCUT2D eigenvalue weighted by Crippen LogP contribution is 2.33. The Kier molecular flexibility index (Phi) is 2.83. The van der Waals surface area contributed by atoms with E-state index in [9.17, 15) is 0 Å². The number of rotatable bonds is 3. The Balaban J connectivity index is 1.96. The molecule has 18 heavy (non-hydrogen) atoms. The predicted molar refractivity (Wildman–Crippen MR) is 69.0 cm³/mol. The lowest BCUT2D eigenvalue weighted by atomic mass is 10.1. The smallest absolute Gasteiger partial charge is 0.163 e. The first-order chi connectivity index (χ1) is 8.76. The molecule has 5 heteroatoms. The molecule has 96 valence electrons. The van der Waals surface area contributed by atoms with Gasteiger partial charge >= 0.3 is 0 Å². The molecule has 3 N–H and O–H groups in total. The minimum absolute atomic E-state index is 0.424. The molecule has 0 fully saturated rings. The van der Waals surface area contributed by atoms with Crippen LogP contribution in [0, 0.1) is 5.92 Å². The molecule has 2 heterocycles. The standard InChI is InChI=1S/C13H17N3O2/c1-8(7-14)4-13-15-9-5-11-12(6-10(9)16-13)18-3-2-17-11/h5-6,8H,2-4,7,14H2,1H3,(H,15,16). The van der Waals surface area contributed by atoms with Gasteiger partial charge in [-0.3, -0.25) is 0 Å². The van der Waals surface area contributed by atoms with Crippen molar-refractivity contribution in [1.82, 2.24) is 9.97 Å². The molecule has 1 aromatic heterocycles. The molecule has 0 saturated heterocycles. The van der Waals surface area contributed by atoms with Crippen LogP contribution in [0.4, 0.5) is 0 Å². The zero-order valence-corrected chi connectivity index (χ0v) is 10.4. The molecule has 0 aliphatic carbocycles. The quantitative estimate of drug-likeness (QED) is 0.861. The Bertz CT molecular complexity index is 522. The third-order valence-corrected chi connectivity index (χ3v) is 3.14. The van der Waals surface area contributed by atoms with Crippen molar-refractivity contribution in [3.63, 3.8) is 0 Å². The monoisotopic (exact) mass is 247 g/mol. The number of aromatic amines is 1. The highest BCUT2D eigenvalue weighted by Gasteiger charge is 2.15. The molecule has 0 bridgehead atoms. The van der Waals surface area contributed by atoms with Crippen molar-refractivity contribution in [3.8, 4) is 11.5 Å². The summed E-state index contributed by atoms with van der Waals surface area (Å²) in [7, 11) is 0. The van der Waals surface area contributed by atoms with E-state index in [1.54, 1.807) is 0 Å². The van der Waals surface area contributed by atoms with E-state index in [1.807, 2.05) is 12.1 Å². The van der Waals surface area contributed by atoms with Crippen molar-refractivity contribution < 1.29 is 9.47 Å². The Hall–Kier alpha value is -1.75. The van der Waals surface area contributed by atoms with Crippen LogP contribution in [0.5, 0.6) is 11.5 Å². The number of nitrogens with two attached hydrogens (primary N) is 1. The van der Waals surface area contributed by atoms with Gasteiger partial charge in [-0.25, -0.2) is 4.98 Å². The van der Waals surface area contributed by atoms with Gasteiger partial charge in [-0.05, 0) is 12.5 Å². The second-order valence-electron chi connectivity index (χ2n) is 4.74. The number of nitrogens with zero attached hydrogens (tertiary/aromatic N) is 1. The largest absolute Gasteiger partial charge is 0.486 e. The van der Waals surface area contributed by atoms with E-state index < -0.39 is 0 Å². The lowest BCUT2D eigenvalue weighted by Crippen LogP contribution is -2.15. The van der Waals surface area contributed by atoms with Crippen molar-refractivity contribution in [2.75, 3.05) is 19.8 Å². The first kappa shape index (κ1) is 11.3. The topological polar surface area (TPSA) is 73.2 Å². The molecule has 1 aliphatic rings. The molecule has 0 spiro atoms. The number of imidazole rings is 1. The van der Waals surface area contributed by atoms with Crippen LogP contribution in [0.15, 0.2) is 12.1 Å². The normalized spacial score (nSPS) is 15.9. The van der Waals surface area contributed by atoms with Crippen LogP contribution >= 0.6 is 0 Å². The van der Waals surface area contributed by atoms with Crippen LogP contribution in [0.2, 0.25) is 0 Å². The second-order valence-corrected chi connectivity index (χ2v) is 4.74. The summed E-state index contributed by atoms with van der Waals surface area (Å²) in [4.78, 5) is 7.87. The Labute approximate surface area is 105 Å². The average Bonchev–Trinajstić information content (AvgIpc) is 2.76. The lowest BCUT2D eigenvalue weighted by molar-refractivity contribution is 0.172. The Morgan fingerprint density at radius 2 is 2.06 bits per heavy atom. The van der Waals surface area contributed by atoms with Gasteiger partial charge in [0.15, 0.2) is 11.5 Å². The number of nitrogens with one attached hydrogen (secondary N) is 1. The first-order valence-electron chi connectivity index (χ1n) is 6.24. The van der Waals surface area contributed by atoms with Crippen molar-refractivity contribution in [3.05, 3.63) is 18.0 Å².